The van der Waals surface area contributed by atoms with E-state index in [1.165, 1.54) is 7.11 Å². The summed E-state index contributed by atoms with van der Waals surface area (Å²) in [5.41, 5.74) is 0. The predicted molar refractivity (Wildman–Crippen MR) is 64.0 cm³/mol. The molecule has 0 aromatic carbocycles. The number of nitrogens with zero attached hydrogens (tertiary/aromatic N) is 2. The maximum atomic E-state index is 12.3. The third-order valence-corrected chi connectivity index (χ3v) is 3.71. The van der Waals surface area contributed by atoms with Gasteiger partial charge in [-0.15, -0.1) is 0 Å². The molecule has 102 valence electrons. The topological polar surface area (TPSA) is 59.1 Å². The molecule has 2 rings (SSSR count). The van der Waals surface area contributed by atoms with E-state index in [-0.39, 0.29) is 24.0 Å². The van der Waals surface area contributed by atoms with Crippen molar-refractivity contribution in [1.29, 1.82) is 0 Å². The third kappa shape index (κ3) is 2.49. The Morgan fingerprint density at radius 2 is 1.94 bits per heavy atom. The van der Waals surface area contributed by atoms with Crippen molar-refractivity contribution in [1.82, 2.24) is 9.80 Å². The van der Waals surface area contributed by atoms with Gasteiger partial charge in [-0.2, -0.15) is 0 Å². The Kier molecular flexibility index (Phi) is 4.19. The van der Waals surface area contributed by atoms with Gasteiger partial charge in [0.05, 0.1) is 26.4 Å². The first-order valence-corrected chi connectivity index (χ1v) is 6.35. The lowest BCUT2D eigenvalue weighted by atomic mass is 9.99. The minimum Gasteiger partial charge on any atom is -0.468 e. The predicted octanol–water partition coefficient (Wildman–Crippen LogP) is -0.519. The van der Waals surface area contributed by atoms with Crippen LogP contribution in [0.5, 0.6) is 0 Å². The molecule has 2 aliphatic heterocycles. The maximum Gasteiger partial charge on any atom is 0.323 e. The third-order valence-electron chi connectivity index (χ3n) is 3.71. The Morgan fingerprint density at radius 3 is 2.44 bits per heavy atom. The molecular formula is C12H20N2O4. The molecule has 6 nitrogen and oxygen atoms in total. The zero-order valence-corrected chi connectivity index (χ0v) is 10.9. The first-order chi connectivity index (χ1) is 8.65. The number of ether oxygens (including phenoxy) is 2. The molecule has 0 bridgehead atoms. The number of methoxy groups -OCH3 is 1. The molecule has 1 amide bonds. The fraction of sp³-hybridized carbons (Fsp3) is 0.833. The Hall–Kier alpha value is -1.14. The van der Waals surface area contributed by atoms with Gasteiger partial charge in [0.25, 0.3) is 0 Å². The van der Waals surface area contributed by atoms with Crippen molar-refractivity contribution in [2.75, 3.05) is 40.0 Å². The molecule has 0 spiro atoms. The van der Waals surface area contributed by atoms with Crippen molar-refractivity contribution in [2.24, 2.45) is 0 Å². The number of likely N-dealkylation sites (tertiary alicyclic amines) is 1. The quantitative estimate of drug-likeness (QED) is 0.636. The number of hydrogen-bond acceptors (Lipinski definition) is 5. The van der Waals surface area contributed by atoms with Crippen molar-refractivity contribution in [2.45, 2.75) is 25.4 Å². The minimum absolute atomic E-state index is 0.0758. The normalized spacial score (nSPS) is 26.3. The number of carbonyl (C=O) groups is 2. The summed E-state index contributed by atoms with van der Waals surface area (Å²) in [6, 6.07) is -0.518. The van der Waals surface area contributed by atoms with Crippen molar-refractivity contribution in [3.63, 3.8) is 0 Å². The van der Waals surface area contributed by atoms with E-state index < -0.39 is 0 Å². The number of hydrogen-bond donors (Lipinski definition) is 0. The average molecular weight is 256 g/mol. The fourth-order valence-corrected chi connectivity index (χ4v) is 2.45. The Bertz CT molecular complexity index is 328. The minimum atomic E-state index is -0.263. The maximum absolute atomic E-state index is 12.3. The molecule has 0 aromatic heterocycles. The molecule has 2 atom stereocenters. The van der Waals surface area contributed by atoms with Gasteiger partial charge in [-0.1, -0.05) is 0 Å². The number of amides is 1. The smallest absolute Gasteiger partial charge is 0.323 e. The molecule has 0 N–H and O–H groups in total. The molecule has 0 aromatic rings. The van der Waals surface area contributed by atoms with E-state index in [0.717, 1.165) is 13.0 Å². The van der Waals surface area contributed by atoms with E-state index in [1.807, 2.05) is 11.8 Å². The second kappa shape index (κ2) is 5.67. The summed E-state index contributed by atoms with van der Waals surface area (Å²) >= 11 is 0. The molecule has 2 unspecified atom stereocenters. The fourth-order valence-electron chi connectivity index (χ4n) is 2.45. The molecule has 6 heteroatoms. The lowest BCUT2D eigenvalue weighted by molar-refractivity contribution is -0.158. The van der Waals surface area contributed by atoms with Gasteiger partial charge >= 0.3 is 5.97 Å². The zero-order chi connectivity index (χ0) is 13.1. The van der Waals surface area contributed by atoms with Gasteiger partial charge in [-0.25, -0.2) is 0 Å². The van der Waals surface area contributed by atoms with Crippen LogP contribution in [0.3, 0.4) is 0 Å². The van der Waals surface area contributed by atoms with Crippen LogP contribution in [-0.4, -0.2) is 73.7 Å². The van der Waals surface area contributed by atoms with Crippen molar-refractivity contribution >= 4 is 11.9 Å². The van der Waals surface area contributed by atoms with E-state index in [2.05, 4.69) is 0 Å². The second-order valence-corrected chi connectivity index (χ2v) is 4.68. The van der Waals surface area contributed by atoms with Gasteiger partial charge in [-0.3, -0.25) is 14.5 Å². The number of morpholine rings is 1. The van der Waals surface area contributed by atoms with Gasteiger partial charge in [0, 0.05) is 19.6 Å². The first kappa shape index (κ1) is 13.3. The second-order valence-electron chi connectivity index (χ2n) is 4.68. The van der Waals surface area contributed by atoms with E-state index in [4.69, 9.17) is 9.47 Å². The van der Waals surface area contributed by atoms with Gasteiger partial charge in [0.15, 0.2) is 0 Å². The number of carbonyl (C=O) groups excluding carboxylic acids is 2. The summed E-state index contributed by atoms with van der Waals surface area (Å²) in [5, 5.41) is 0. The van der Waals surface area contributed by atoms with Crippen LogP contribution < -0.4 is 0 Å². The number of esters is 1. The summed E-state index contributed by atoms with van der Waals surface area (Å²) in [4.78, 5) is 27.5. The number of rotatable bonds is 3. The highest BCUT2D eigenvalue weighted by Crippen LogP contribution is 2.22. The summed E-state index contributed by atoms with van der Waals surface area (Å²) in [6.07, 6.45) is 0.771. The van der Waals surface area contributed by atoms with Crippen LogP contribution in [0.4, 0.5) is 0 Å². The van der Waals surface area contributed by atoms with Crippen molar-refractivity contribution < 1.29 is 19.1 Å². The Labute approximate surface area is 107 Å². The van der Waals surface area contributed by atoms with E-state index in [9.17, 15) is 9.59 Å². The van der Waals surface area contributed by atoms with Crippen LogP contribution in [0, 0.1) is 0 Å². The summed E-state index contributed by atoms with van der Waals surface area (Å²) < 4.78 is 9.96. The van der Waals surface area contributed by atoms with Crippen LogP contribution in [0.15, 0.2) is 0 Å². The molecule has 0 aliphatic carbocycles. The molecule has 18 heavy (non-hydrogen) atoms. The highest BCUT2D eigenvalue weighted by molar-refractivity contribution is 5.84. The monoisotopic (exact) mass is 256 g/mol. The Balaban J connectivity index is 1.92. The molecule has 2 aliphatic rings. The van der Waals surface area contributed by atoms with Gasteiger partial charge < -0.3 is 14.4 Å². The van der Waals surface area contributed by atoms with Gasteiger partial charge in [-0.05, 0) is 13.3 Å². The average Bonchev–Trinajstić information content (AvgIpc) is 2.37. The van der Waals surface area contributed by atoms with Gasteiger partial charge in [0.1, 0.15) is 6.04 Å². The molecule has 2 heterocycles. The largest absolute Gasteiger partial charge is 0.468 e. The van der Waals surface area contributed by atoms with Crippen LogP contribution >= 0.6 is 0 Å². The summed E-state index contributed by atoms with van der Waals surface area (Å²) in [7, 11) is 1.38. The van der Waals surface area contributed by atoms with E-state index in [1.54, 1.807) is 4.90 Å². The van der Waals surface area contributed by atoms with Crippen molar-refractivity contribution in [3.8, 4) is 0 Å². The molecule has 2 saturated heterocycles. The standard InChI is InChI=1S/C12H20N2O4/c1-9(11(15)13-5-7-18-8-6-13)14-4-3-10(14)12(16)17-2/h9-10H,3-8H2,1-2H3. The zero-order valence-electron chi connectivity index (χ0n) is 10.9. The molecule has 2 fully saturated rings. The van der Waals surface area contributed by atoms with E-state index in [0.29, 0.717) is 26.3 Å². The van der Waals surface area contributed by atoms with E-state index >= 15 is 0 Å². The highest BCUT2D eigenvalue weighted by Gasteiger charge is 2.41. The molecule has 0 saturated carbocycles. The highest BCUT2D eigenvalue weighted by atomic mass is 16.5. The lowest BCUT2D eigenvalue weighted by Gasteiger charge is -2.43. The lowest BCUT2D eigenvalue weighted by Crippen LogP contribution is -2.61. The van der Waals surface area contributed by atoms with Gasteiger partial charge in [0.2, 0.25) is 5.91 Å². The first-order valence-electron chi connectivity index (χ1n) is 6.35. The van der Waals surface area contributed by atoms with Crippen molar-refractivity contribution in [3.05, 3.63) is 0 Å². The molecule has 0 radical (unpaired) electrons. The van der Waals surface area contributed by atoms with Crippen LogP contribution in [0.1, 0.15) is 13.3 Å². The van der Waals surface area contributed by atoms with Crippen LogP contribution in [0.25, 0.3) is 0 Å². The SMILES string of the molecule is COC(=O)C1CCN1C(C)C(=O)N1CCOCC1. The Morgan fingerprint density at radius 1 is 1.28 bits per heavy atom. The van der Waals surface area contributed by atoms with Crippen LogP contribution in [0.2, 0.25) is 0 Å². The molecular weight excluding hydrogens is 236 g/mol. The summed E-state index contributed by atoms with van der Waals surface area (Å²) in [5.74, 6) is -0.171. The summed E-state index contributed by atoms with van der Waals surface area (Å²) in [6.45, 7) is 5.10. The van der Waals surface area contributed by atoms with Crippen LogP contribution in [-0.2, 0) is 19.1 Å².